The average molecular weight is 173 g/mol. The van der Waals surface area contributed by atoms with E-state index in [0.717, 1.165) is 0 Å². The van der Waals surface area contributed by atoms with E-state index in [2.05, 4.69) is 9.73 Å². The normalized spacial score (nSPS) is 10.5. The van der Waals surface area contributed by atoms with Gasteiger partial charge < -0.3 is 9.47 Å². The molecule has 0 aromatic heterocycles. The van der Waals surface area contributed by atoms with Gasteiger partial charge in [0.15, 0.2) is 0 Å². The van der Waals surface area contributed by atoms with Crippen molar-refractivity contribution in [2.75, 3.05) is 26.4 Å². The lowest BCUT2D eigenvalue weighted by molar-refractivity contribution is -0.134. The van der Waals surface area contributed by atoms with Crippen molar-refractivity contribution in [2.45, 2.75) is 13.8 Å². The fraction of sp³-hybridized carbons (Fsp3) is 0.750. The summed E-state index contributed by atoms with van der Waals surface area (Å²) in [6.45, 7) is 5.78. The lowest BCUT2D eigenvalue weighted by atomic mass is 10.6. The van der Waals surface area contributed by atoms with E-state index in [1.165, 1.54) is 6.21 Å². The van der Waals surface area contributed by atoms with E-state index in [4.69, 9.17) is 4.74 Å². The summed E-state index contributed by atoms with van der Waals surface area (Å²) in [6.07, 6.45) is 1.18. The summed E-state index contributed by atoms with van der Waals surface area (Å²) in [6, 6.07) is 0. The highest BCUT2D eigenvalue weighted by molar-refractivity contribution is 6.23. The second-order valence-electron chi connectivity index (χ2n) is 1.98. The van der Waals surface area contributed by atoms with Crippen LogP contribution in [-0.4, -0.2) is 38.5 Å². The number of carbonyl (C=O) groups is 1. The number of esters is 1. The fourth-order valence-electron chi connectivity index (χ4n) is 0.580. The van der Waals surface area contributed by atoms with Crippen LogP contribution in [0, 0.1) is 0 Å². The highest BCUT2D eigenvalue weighted by Gasteiger charge is 1.92. The lowest BCUT2D eigenvalue weighted by Gasteiger charge is -1.96. The molecule has 4 heteroatoms. The molecule has 0 aromatic carbocycles. The molecule has 0 rings (SSSR count). The maximum atomic E-state index is 10.7. The molecule has 0 aliphatic rings. The van der Waals surface area contributed by atoms with Crippen LogP contribution < -0.4 is 0 Å². The molecule has 0 atom stereocenters. The van der Waals surface area contributed by atoms with E-state index >= 15 is 0 Å². The molecule has 0 N–H and O–H groups in total. The topological polar surface area (TPSA) is 47.9 Å². The Hall–Kier alpha value is -0.900. The lowest BCUT2D eigenvalue weighted by Crippen LogP contribution is -2.06. The Labute approximate surface area is 72.6 Å². The van der Waals surface area contributed by atoms with Crippen LogP contribution in [-0.2, 0) is 14.3 Å². The third-order valence-corrected chi connectivity index (χ3v) is 1.05. The second kappa shape index (κ2) is 8.20. The van der Waals surface area contributed by atoms with Gasteiger partial charge in [0.25, 0.3) is 0 Å². The van der Waals surface area contributed by atoms with Crippen molar-refractivity contribution in [2.24, 2.45) is 4.99 Å². The maximum absolute atomic E-state index is 10.7. The van der Waals surface area contributed by atoms with Gasteiger partial charge in [-0.3, -0.25) is 4.99 Å². The van der Waals surface area contributed by atoms with Crippen LogP contribution in [0.1, 0.15) is 13.8 Å². The summed E-state index contributed by atoms with van der Waals surface area (Å²) < 4.78 is 9.63. The Kier molecular flexibility index (Phi) is 7.58. The first kappa shape index (κ1) is 11.1. The Morgan fingerprint density at radius 2 is 2.17 bits per heavy atom. The molecule has 0 aromatic rings. The SMILES string of the molecule is CCOCCN=CC(=O)OCC. The van der Waals surface area contributed by atoms with Crippen LogP contribution in [0.3, 0.4) is 0 Å². The van der Waals surface area contributed by atoms with E-state index in [-0.39, 0.29) is 0 Å². The minimum Gasteiger partial charge on any atom is -0.462 e. The Morgan fingerprint density at radius 1 is 1.42 bits per heavy atom. The number of hydrogen-bond acceptors (Lipinski definition) is 4. The summed E-state index contributed by atoms with van der Waals surface area (Å²) in [5.74, 6) is -0.394. The molecule has 0 bridgehead atoms. The molecular formula is C8H15NO3. The Morgan fingerprint density at radius 3 is 2.75 bits per heavy atom. The Balaban J connectivity index is 3.29. The highest BCUT2D eigenvalue weighted by atomic mass is 16.5. The molecule has 12 heavy (non-hydrogen) atoms. The number of nitrogens with zero attached hydrogens (tertiary/aromatic N) is 1. The van der Waals surface area contributed by atoms with Gasteiger partial charge in [-0.2, -0.15) is 0 Å². The highest BCUT2D eigenvalue weighted by Crippen LogP contribution is 1.77. The zero-order valence-corrected chi connectivity index (χ0v) is 7.58. The number of ether oxygens (including phenoxy) is 2. The van der Waals surface area contributed by atoms with Crippen LogP contribution in [0.15, 0.2) is 4.99 Å². The van der Waals surface area contributed by atoms with Crippen LogP contribution >= 0.6 is 0 Å². The van der Waals surface area contributed by atoms with Gasteiger partial charge >= 0.3 is 5.97 Å². The zero-order valence-electron chi connectivity index (χ0n) is 7.58. The van der Waals surface area contributed by atoms with Crippen LogP contribution in [0.4, 0.5) is 0 Å². The second-order valence-corrected chi connectivity index (χ2v) is 1.98. The molecule has 0 radical (unpaired) electrons. The first-order valence-corrected chi connectivity index (χ1v) is 4.05. The van der Waals surface area contributed by atoms with E-state index in [1.54, 1.807) is 6.92 Å². The smallest absolute Gasteiger partial charge is 0.348 e. The summed E-state index contributed by atoms with van der Waals surface area (Å²) in [5.41, 5.74) is 0. The molecule has 0 fully saturated rings. The predicted octanol–water partition coefficient (Wildman–Crippen LogP) is 0.657. The minimum absolute atomic E-state index is 0.385. The first-order chi connectivity index (χ1) is 5.81. The predicted molar refractivity (Wildman–Crippen MR) is 46.5 cm³/mol. The average Bonchev–Trinajstić information content (AvgIpc) is 2.05. The number of rotatable bonds is 6. The maximum Gasteiger partial charge on any atom is 0.348 e. The van der Waals surface area contributed by atoms with Gasteiger partial charge in [0, 0.05) is 6.61 Å². The molecule has 0 unspecified atom stereocenters. The summed E-state index contributed by atoms with van der Waals surface area (Å²) >= 11 is 0. The van der Waals surface area contributed by atoms with Gasteiger partial charge in [-0.1, -0.05) is 0 Å². The van der Waals surface area contributed by atoms with Gasteiger partial charge in [-0.15, -0.1) is 0 Å². The first-order valence-electron chi connectivity index (χ1n) is 4.05. The van der Waals surface area contributed by atoms with Crippen molar-refractivity contribution in [1.82, 2.24) is 0 Å². The van der Waals surface area contributed by atoms with E-state index in [9.17, 15) is 4.79 Å². The minimum atomic E-state index is -0.394. The van der Waals surface area contributed by atoms with Crippen molar-refractivity contribution in [3.8, 4) is 0 Å². The van der Waals surface area contributed by atoms with Gasteiger partial charge in [-0.25, -0.2) is 4.79 Å². The number of carbonyl (C=O) groups excluding carboxylic acids is 1. The largest absolute Gasteiger partial charge is 0.462 e. The molecule has 0 saturated carbocycles. The number of aliphatic imine (C=N–C) groups is 1. The molecular weight excluding hydrogens is 158 g/mol. The third-order valence-electron chi connectivity index (χ3n) is 1.05. The van der Waals surface area contributed by atoms with Gasteiger partial charge in [0.2, 0.25) is 0 Å². The molecule has 0 aliphatic carbocycles. The Bertz CT molecular complexity index is 145. The summed E-state index contributed by atoms with van der Waals surface area (Å²) in [5, 5.41) is 0. The molecule has 0 amide bonds. The molecule has 0 saturated heterocycles. The van der Waals surface area contributed by atoms with Crippen molar-refractivity contribution < 1.29 is 14.3 Å². The van der Waals surface area contributed by atoms with Crippen molar-refractivity contribution in [1.29, 1.82) is 0 Å². The van der Waals surface area contributed by atoms with E-state index < -0.39 is 5.97 Å². The van der Waals surface area contributed by atoms with E-state index in [0.29, 0.717) is 26.4 Å². The zero-order chi connectivity index (χ0) is 9.23. The van der Waals surface area contributed by atoms with Crippen molar-refractivity contribution in [3.63, 3.8) is 0 Å². The molecule has 0 heterocycles. The quantitative estimate of drug-likeness (QED) is 0.337. The van der Waals surface area contributed by atoms with Crippen molar-refractivity contribution in [3.05, 3.63) is 0 Å². The summed E-state index contributed by atoms with van der Waals surface area (Å²) in [7, 11) is 0. The van der Waals surface area contributed by atoms with Crippen molar-refractivity contribution >= 4 is 12.2 Å². The standard InChI is InChI=1S/C8H15NO3/c1-3-11-6-5-9-7-8(10)12-4-2/h7H,3-6H2,1-2H3. The number of hydrogen-bond donors (Lipinski definition) is 0. The third kappa shape index (κ3) is 7.21. The van der Waals surface area contributed by atoms with Crippen LogP contribution in [0.2, 0.25) is 0 Å². The van der Waals surface area contributed by atoms with Crippen LogP contribution in [0.5, 0.6) is 0 Å². The van der Waals surface area contributed by atoms with Gasteiger partial charge in [-0.05, 0) is 13.8 Å². The van der Waals surface area contributed by atoms with Gasteiger partial charge in [0.1, 0.15) is 6.21 Å². The fourth-order valence-corrected chi connectivity index (χ4v) is 0.580. The summed E-state index contributed by atoms with van der Waals surface area (Å²) in [4.78, 5) is 14.5. The monoisotopic (exact) mass is 173 g/mol. The van der Waals surface area contributed by atoms with E-state index in [1.807, 2.05) is 6.92 Å². The molecule has 4 nitrogen and oxygen atoms in total. The van der Waals surface area contributed by atoms with Gasteiger partial charge in [0.05, 0.1) is 19.8 Å². The molecule has 70 valence electrons. The molecule has 0 spiro atoms. The molecule has 0 aliphatic heterocycles. The van der Waals surface area contributed by atoms with Crippen LogP contribution in [0.25, 0.3) is 0 Å².